The van der Waals surface area contributed by atoms with Gasteiger partial charge in [-0.05, 0) is 48.7 Å². The van der Waals surface area contributed by atoms with E-state index in [1.807, 2.05) is 71.9 Å². The number of halogens is 1. The molecule has 0 radical (unpaired) electrons. The Kier molecular flexibility index (Phi) is 7.16. The molecule has 1 fully saturated rings. The smallest absolute Gasteiger partial charge is 0.289 e. The maximum atomic E-state index is 13.3. The number of aliphatic imine (C=N–C) groups is 1. The summed E-state index contributed by atoms with van der Waals surface area (Å²) in [4.78, 5) is 39.0. The van der Waals surface area contributed by atoms with E-state index < -0.39 is 0 Å². The Balaban J connectivity index is 1.23. The first-order valence-electron chi connectivity index (χ1n) is 11.9. The van der Waals surface area contributed by atoms with Gasteiger partial charge in [0.25, 0.3) is 11.8 Å². The number of piperazine rings is 1. The van der Waals surface area contributed by atoms with Crippen molar-refractivity contribution in [2.24, 2.45) is 4.99 Å². The standard InChI is InChI=1S/C27H26ClN5O2S/c1-18-17-32(27(35)24-29-9-8-22(16-31-24)19-4-3-7-23(28)15-19)11-12-33(18)26(34)21-6-2-5-20(14-21)25-30-10-13-36-25/h2-7,10,13-16,18H,8-9,11-12,17H2,1H3,(H,29,31). The van der Waals surface area contributed by atoms with Gasteiger partial charge in [-0.3, -0.25) is 14.6 Å². The molecule has 184 valence electrons. The summed E-state index contributed by atoms with van der Waals surface area (Å²) in [5.74, 6) is 0.144. The molecule has 1 saturated heterocycles. The molecule has 0 saturated carbocycles. The number of carbonyl (C=O) groups excluding carboxylic acids is 2. The van der Waals surface area contributed by atoms with E-state index in [9.17, 15) is 9.59 Å². The molecule has 1 unspecified atom stereocenters. The minimum atomic E-state index is -0.150. The molecule has 1 atom stereocenters. The van der Waals surface area contributed by atoms with Crippen molar-refractivity contribution in [2.45, 2.75) is 19.4 Å². The van der Waals surface area contributed by atoms with Crippen molar-refractivity contribution >= 4 is 46.2 Å². The van der Waals surface area contributed by atoms with Crippen molar-refractivity contribution in [3.63, 3.8) is 0 Å². The van der Waals surface area contributed by atoms with Crippen molar-refractivity contribution in [3.8, 4) is 10.6 Å². The van der Waals surface area contributed by atoms with Gasteiger partial charge in [0.05, 0.1) is 0 Å². The Hall–Kier alpha value is -3.49. The van der Waals surface area contributed by atoms with E-state index in [0.717, 1.165) is 21.7 Å². The number of aromatic nitrogens is 1. The Morgan fingerprint density at radius 3 is 2.69 bits per heavy atom. The Bertz CT molecular complexity index is 1340. The van der Waals surface area contributed by atoms with Gasteiger partial charge in [-0.25, -0.2) is 4.98 Å². The van der Waals surface area contributed by atoms with Crippen molar-refractivity contribution in [1.82, 2.24) is 20.1 Å². The fourth-order valence-corrected chi connectivity index (χ4v) is 5.34. The molecule has 0 spiro atoms. The van der Waals surface area contributed by atoms with Crippen LogP contribution in [0.2, 0.25) is 5.02 Å². The average Bonchev–Trinajstić information content (AvgIpc) is 3.33. The maximum absolute atomic E-state index is 13.3. The normalized spacial score (nSPS) is 18.1. The van der Waals surface area contributed by atoms with Crippen LogP contribution < -0.4 is 5.32 Å². The van der Waals surface area contributed by atoms with Gasteiger partial charge in [0, 0.05) is 66.1 Å². The number of rotatable bonds is 4. The molecule has 2 amide bonds. The number of hydrogen-bond donors (Lipinski definition) is 1. The highest BCUT2D eigenvalue weighted by atomic mass is 35.5. The van der Waals surface area contributed by atoms with Crippen LogP contribution in [0.15, 0.2) is 71.3 Å². The maximum Gasteiger partial charge on any atom is 0.289 e. The molecule has 1 aromatic heterocycles. The number of nitrogens with one attached hydrogen (secondary N) is 1. The van der Waals surface area contributed by atoms with E-state index in [1.165, 1.54) is 0 Å². The summed E-state index contributed by atoms with van der Waals surface area (Å²) in [7, 11) is 0. The Morgan fingerprint density at radius 1 is 1.08 bits per heavy atom. The molecule has 5 rings (SSSR count). The minimum absolute atomic E-state index is 0.0352. The van der Waals surface area contributed by atoms with Gasteiger partial charge in [0.1, 0.15) is 5.01 Å². The Labute approximate surface area is 219 Å². The molecular weight excluding hydrogens is 494 g/mol. The van der Waals surface area contributed by atoms with Crippen LogP contribution >= 0.6 is 22.9 Å². The second-order valence-electron chi connectivity index (χ2n) is 8.82. The Morgan fingerprint density at radius 2 is 1.92 bits per heavy atom. The summed E-state index contributed by atoms with van der Waals surface area (Å²) in [6.07, 6.45) is 4.31. The lowest BCUT2D eigenvalue weighted by Crippen LogP contribution is -2.57. The number of nitrogens with zero attached hydrogens (tertiary/aromatic N) is 4. The third-order valence-corrected chi connectivity index (χ3v) is 7.45. The summed E-state index contributed by atoms with van der Waals surface area (Å²) >= 11 is 7.68. The van der Waals surface area contributed by atoms with Crippen LogP contribution in [0.4, 0.5) is 0 Å². The molecule has 2 aliphatic heterocycles. The van der Waals surface area contributed by atoms with E-state index in [2.05, 4.69) is 15.3 Å². The predicted octanol–water partition coefficient (Wildman–Crippen LogP) is 4.57. The lowest BCUT2D eigenvalue weighted by Gasteiger charge is -2.40. The van der Waals surface area contributed by atoms with Gasteiger partial charge in [0.2, 0.25) is 0 Å². The lowest BCUT2D eigenvalue weighted by atomic mass is 10.0. The predicted molar refractivity (Wildman–Crippen MR) is 144 cm³/mol. The van der Waals surface area contributed by atoms with Crippen LogP contribution in [0.25, 0.3) is 16.1 Å². The zero-order valence-electron chi connectivity index (χ0n) is 19.9. The molecule has 9 heteroatoms. The molecule has 0 aliphatic carbocycles. The SMILES string of the molecule is CC1CN(C(=O)C2=NCCC(c3cccc(Cl)c3)=CN2)CCN1C(=O)c1cccc(-c2nccs2)c1. The summed E-state index contributed by atoms with van der Waals surface area (Å²) in [5.41, 5.74) is 3.62. The molecule has 1 N–H and O–H groups in total. The highest BCUT2D eigenvalue weighted by Crippen LogP contribution is 2.25. The van der Waals surface area contributed by atoms with Crippen LogP contribution in [0.3, 0.4) is 0 Å². The molecule has 3 aromatic rings. The highest BCUT2D eigenvalue weighted by Gasteiger charge is 2.32. The molecule has 7 nitrogen and oxygen atoms in total. The van der Waals surface area contributed by atoms with Crippen LogP contribution in [0, 0.1) is 0 Å². The monoisotopic (exact) mass is 519 g/mol. The molecule has 2 aliphatic rings. The van der Waals surface area contributed by atoms with Gasteiger partial charge < -0.3 is 15.1 Å². The number of benzene rings is 2. The van der Waals surface area contributed by atoms with Gasteiger partial charge in [0.15, 0.2) is 5.84 Å². The fraction of sp³-hybridized carbons (Fsp3) is 0.259. The van der Waals surface area contributed by atoms with Crippen molar-refractivity contribution in [3.05, 3.63) is 82.5 Å². The van der Waals surface area contributed by atoms with Crippen LogP contribution in [-0.4, -0.2) is 64.7 Å². The summed E-state index contributed by atoms with van der Waals surface area (Å²) in [6.45, 7) is 3.84. The minimum Gasteiger partial charge on any atom is -0.342 e. The summed E-state index contributed by atoms with van der Waals surface area (Å²) in [6, 6.07) is 15.1. The first-order chi connectivity index (χ1) is 17.5. The van der Waals surface area contributed by atoms with Crippen molar-refractivity contribution < 1.29 is 9.59 Å². The number of thiazole rings is 1. The molecule has 36 heavy (non-hydrogen) atoms. The summed E-state index contributed by atoms with van der Waals surface area (Å²) in [5, 5.41) is 6.59. The number of amides is 2. The quantitative estimate of drug-likeness (QED) is 0.547. The lowest BCUT2D eigenvalue weighted by molar-refractivity contribution is -0.126. The van der Waals surface area contributed by atoms with Gasteiger partial charge >= 0.3 is 0 Å². The number of hydrogen-bond acceptors (Lipinski definition) is 6. The third kappa shape index (κ3) is 5.20. The first-order valence-corrected chi connectivity index (χ1v) is 13.1. The summed E-state index contributed by atoms with van der Waals surface area (Å²) < 4.78 is 0. The van der Waals surface area contributed by atoms with Gasteiger partial charge in [-0.1, -0.05) is 35.9 Å². The first kappa shape index (κ1) is 24.2. The molecular formula is C27H26ClN5O2S. The van der Waals surface area contributed by atoms with Gasteiger partial charge in [-0.15, -0.1) is 11.3 Å². The van der Waals surface area contributed by atoms with Gasteiger partial charge in [-0.2, -0.15) is 0 Å². The van der Waals surface area contributed by atoms with Crippen LogP contribution in [0.5, 0.6) is 0 Å². The van der Waals surface area contributed by atoms with E-state index in [4.69, 9.17) is 11.6 Å². The zero-order chi connectivity index (χ0) is 25.1. The fourth-order valence-electron chi connectivity index (χ4n) is 4.52. The van der Waals surface area contributed by atoms with E-state index in [1.54, 1.807) is 22.4 Å². The second kappa shape index (κ2) is 10.6. The molecule has 2 aromatic carbocycles. The zero-order valence-corrected chi connectivity index (χ0v) is 21.4. The van der Waals surface area contributed by atoms with E-state index in [-0.39, 0.29) is 17.9 Å². The number of carbonyl (C=O) groups is 2. The topological polar surface area (TPSA) is 77.9 Å². The van der Waals surface area contributed by atoms with Crippen LogP contribution in [0.1, 0.15) is 29.3 Å². The average molecular weight is 520 g/mol. The van der Waals surface area contributed by atoms with Crippen molar-refractivity contribution in [2.75, 3.05) is 26.2 Å². The largest absolute Gasteiger partial charge is 0.342 e. The molecule has 3 heterocycles. The van der Waals surface area contributed by atoms with E-state index >= 15 is 0 Å². The molecule has 0 bridgehead atoms. The van der Waals surface area contributed by atoms with Crippen molar-refractivity contribution in [1.29, 1.82) is 0 Å². The van der Waals surface area contributed by atoms with Crippen LogP contribution in [-0.2, 0) is 4.79 Å². The number of amidine groups is 1. The second-order valence-corrected chi connectivity index (χ2v) is 10.2. The van der Waals surface area contributed by atoms with E-state index in [0.29, 0.717) is 49.0 Å². The highest BCUT2D eigenvalue weighted by molar-refractivity contribution is 7.13. The third-order valence-electron chi connectivity index (χ3n) is 6.40.